The third-order valence-corrected chi connectivity index (χ3v) is 11.9. The Morgan fingerprint density at radius 2 is 0.597 bits per heavy atom. The van der Waals surface area contributed by atoms with Crippen LogP contribution in [0.2, 0.25) is 0 Å². The number of hydrogen-bond donors (Lipinski definition) is 2. The van der Waals surface area contributed by atoms with Gasteiger partial charge in [-0.1, -0.05) is 0 Å². The van der Waals surface area contributed by atoms with Gasteiger partial charge in [0.25, 0.3) is 0 Å². The maximum Gasteiger partial charge on any atom is 0.372 e. The molecule has 2 N–H and O–H groups in total. The van der Waals surface area contributed by atoms with Crippen LogP contribution in [-0.2, 0) is 64.3 Å². The van der Waals surface area contributed by atoms with Gasteiger partial charge in [-0.3, -0.25) is 0 Å². The smallest absolute Gasteiger partial charge is 0.372 e. The molecule has 0 amide bonds. The molecule has 7 aromatic rings. The number of rotatable bonds is 16. The zero-order valence-corrected chi connectivity index (χ0v) is 40.5. The van der Waals surface area contributed by atoms with Gasteiger partial charge in [-0.2, -0.15) is 18.3 Å². The van der Waals surface area contributed by atoms with E-state index < -0.39 is 0 Å². The van der Waals surface area contributed by atoms with Gasteiger partial charge in [0.2, 0.25) is 26.2 Å². The number of aromatic nitrogens is 8. The first kappa shape index (κ1) is 48.1. The van der Waals surface area contributed by atoms with Gasteiger partial charge in [-0.25, -0.2) is 29.1 Å². The Kier molecular flexibility index (Phi) is 14.6. The molecule has 0 saturated carbocycles. The summed E-state index contributed by atoms with van der Waals surface area (Å²) in [6, 6.07) is 23.8. The molecule has 72 heavy (non-hydrogen) atoms. The van der Waals surface area contributed by atoms with Gasteiger partial charge >= 0.3 is 23.9 Å². The van der Waals surface area contributed by atoms with Crippen molar-refractivity contribution in [1.29, 1.82) is 0 Å². The maximum absolute atomic E-state index is 12.5. The summed E-state index contributed by atoms with van der Waals surface area (Å²) in [6.45, 7) is 8.53. The molecule has 362 valence electrons. The molecule has 8 bridgehead atoms. The average molecular weight is 967 g/mol. The van der Waals surface area contributed by atoms with Crippen molar-refractivity contribution in [3.05, 3.63) is 145 Å². The van der Waals surface area contributed by atoms with Crippen LogP contribution in [0.4, 0.5) is 0 Å². The highest BCUT2D eigenvalue weighted by molar-refractivity contribution is 6.00. The van der Waals surface area contributed by atoms with E-state index >= 15 is 0 Å². The summed E-state index contributed by atoms with van der Waals surface area (Å²) in [5.74, 6) is -1.34. The number of H-pyrrole nitrogens is 2. The van der Waals surface area contributed by atoms with Crippen molar-refractivity contribution >= 4 is 70.2 Å². The Morgan fingerprint density at radius 3 is 0.875 bits per heavy atom. The minimum atomic E-state index is -0.337. The molecule has 0 saturated heterocycles. The Labute approximate surface area is 415 Å². The van der Waals surface area contributed by atoms with Crippen molar-refractivity contribution in [2.24, 2.45) is 0 Å². The van der Waals surface area contributed by atoms with Gasteiger partial charge in [0.15, 0.2) is 49.6 Å². The van der Waals surface area contributed by atoms with E-state index in [1.165, 1.54) is 0 Å². The van der Waals surface area contributed by atoms with Crippen molar-refractivity contribution in [3.63, 3.8) is 0 Å². The highest BCUT2D eigenvalue weighted by atomic mass is 16.5. The summed E-state index contributed by atoms with van der Waals surface area (Å²) in [4.78, 5) is 68.1. The van der Waals surface area contributed by atoms with Crippen LogP contribution in [0.1, 0.15) is 50.5 Å². The lowest BCUT2D eigenvalue weighted by molar-refractivity contribution is -0.685. The summed E-state index contributed by atoms with van der Waals surface area (Å²) in [5.41, 5.74) is 12.5. The standard InChI is InChI=1S/C56H53N8O8/c1-5-69-49(65)33-61-25-17-37(18-26-61)53-41-9-11-43(57-41)54(38-19-27-62(28-20-38)34-50(66)70-6-2)45-13-15-47(59-45)56(40-23-31-64(32-24-40)36-52(68)72-8-4)48-16-14-46(60-48)55(44-12-10-42(53)58-44)39-21-29-63(30-22-39)35-51(67)71-7-3/h9-32H,5-8,33-36H2,1-4H3,(H,57,58,59,60)/q+3/p+1. The molecular formula is C56H54N8O8+4. The average Bonchev–Trinajstić information content (AvgIpc) is 4.23. The number of carbonyl (C=O) groups excluding carboxylic acids is 4. The van der Waals surface area contributed by atoms with E-state index in [0.29, 0.717) is 42.6 Å². The van der Waals surface area contributed by atoms with Crippen LogP contribution in [-0.4, -0.2) is 70.2 Å². The summed E-state index contributed by atoms with van der Waals surface area (Å²) in [6.07, 6.45) is 22.7. The Balaban J connectivity index is 1.32. The number of pyridine rings is 4. The third-order valence-electron chi connectivity index (χ3n) is 11.9. The molecule has 0 radical (unpaired) electrons. The molecule has 0 atom stereocenters. The Bertz CT molecular complexity index is 3250. The maximum atomic E-state index is 12.5. The van der Waals surface area contributed by atoms with Gasteiger partial charge in [0.1, 0.15) is 0 Å². The van der Waals surface area contributed by atoms with Crippen molar-refractivity contribution in [2.45, 2.75) is 53.9 Å². The molecule has 9 rings (SSSR count). The second-order valence-electron chi connectivity index (χ2n) is 16.8. The molecule has 0 spiro atoms. The second kappa shape index (κ2) is 21.8. The Hall–Kier alpha value is -8.92. The van der Waals surface area contributed by atoms with Crippen LogP contribution in [0.25, 0.3) is 90.9 Å². The van der Waals surface area contributed by atoms with Crippen LogP contribution in [0.3, 0.4) is 0 Å². The van der Waals surface area contributed by atoms with E-state index in [2.05, 4.69) is 9.97 Å². The summed E-state index contributed by atoms with van der Waals surface area (Å²) >= 11 is 0. The van der Waals surface area contributed by atoms with Crippen molar-refractivity contribution < 1.29 is 56.4 Å². The first-order valence-corrected chi connectivity index (χ1v) is 23.9. The lowest BCUT2D eigenvalue weighted by atomic mass is 10.0. The largest absolute Gasteiger partial charge is 0.461 e. The van der Waals surface area contributed by atoms with E-state index in [9.17, 15) is 19.2 Å². The summed E-state index contributed by atoms with van der Waals surface area (Å²) in [5, 5.41) is 0. The normalized spacial score (nSPS) is 11.6. The number of aromatic amines is 2. The van der Waals surface area contributed by atoms with E-state index in [-0.39, 0.29) is 56.7 Å². The second-order valence-corrected chi connectivity index (χ2v) is 16.8. The zero-order valence-electron chi connectivity index (χ0n) is 40.5. The first-order valence-electron chi connectivity index (χ1n) is 23.9. The summed E-state index contributed by atoms with van der Waals surface area (Å²) < 4.78 is 28.0. The third kappa shape index (κ3) is 10.8. The quantitative estimate of drug-likeness (QED) is 0.0600. The molecular weight excluding hydrogens is 913 g/mol. The fourth-order valence-electron chi connectivity index (χ4n) is 8.76. The minimum Gasteiger partial charge on any atom is -0.461 e. The molecule has 9 heterocycles. The van der Waals surface area contributed by atoms with Gasteiger partial charge < -0.3 is 28.9 Å². The molecule has 0 fully saturated rings. The fourth-order valence-corrected chi connectivity index (χ4v) is 8.76. The minimum absolute atomic E-state index is 0.0561. The van der Waals surface area contributed by atoms with Gasteiger partial charge in [0.05, 0.1) is 49.2 Å². The number of carbonyl (C=O) groups is 4. The highest BCUT2D eigenvalue weighted by Crippen LogP contribution is 2.38. The lowest BCUT2D eigenvalue weighted by Gasteiger charge is -2.07. The zero-order chi connectivity index (χ0) is 50.1. The van der Waals surface area contributed by atoms with E-state index in [4.69, 9.17) is 28.9 Å². The van der Waals surface area contributed by atoms with E-state index in [1.807, 2.05) is 147 Å². The van der Waals surface area contributed by atoms with Crippen LogP contribution < -0.4 is 18.3 Å². The highest BCUT2D eigenvalue weighted by Gasteiger charge is 2.23. The van der Waals surface area contributed by atoms with Crippen LogP contribution in [0.15, 0.2) is 122 Å². The van der Waals surface area contributed by atoms with Crippen LogP contribution in [0.5, 0.6) is 0 Å². The molecule has 0 aromatic carbocycles. The molecule has 16 nitrogen and oxygen atoms in total. The van der Waals surface area contributed by atoms with Crippen molar-refractivity contribution in [3.8, 4) is 44.5 Å². The lowest BCUT2D eigenvalue weighted by Crippen LogP contribution is -2.37. The number of nitrogens with zero attached hydrogens (tertiary/aromatic N) is 6. The first-order chi connectivity index (χ1) is 35.1. The summed E-state index contributed by atoms with van der Waals surface area (Å²) in [7, 11) is 0. The predicted molar refractivity (Wildman–Crippen MR) is 268 cm³/mol. The molecule has 2 aliphatic rings. The van der Waals surface area contributed by atoms with Crippen molar-refractivity contribution in [1.82, 2.24) is 19.9 Å². The van der Waals surface area contributed by atoms with Gasteiger partial charge in [0, 0.05) is 92.9 Å². The number of fused-ring (bicyclic) bond motifs is 8. The molecule has 0 aliphatic carbocycles. The van der Waals surface area contributed by atoms with E-state index in [1.54, 1.807) is 46.0 Å². The Morgan fingerprint density at radius 1 is 0.361 bits per heavy atom. The van der Waals surface area contributed by atoms with Crippen LogP contribution >= 0.6 is 0 Å². The van der Waals surface area contributed by atoms with Crippen molar-refractivity contribution in [2.75, 3.05) is 26.4 Å². The number of nitrogens with one attached hydrogen (secondary N) is 2. The molecule has 2 aliphatic heterocycles. The number of ether oxygens (including phenoxy) is 4. The molecule has 16 heteroatoms. The SMILES string of the molecule is CCOC(=O)C[n+]1ccc(-c2c3nc(c(-c4cc[n+](CC(=O)OCC)cc4)c4ccc([nH]4)c(-c4cc[n+](CC(=O)OCC)cc4)c4ccc([nH]4)c(-c4cc[n+](CC(=O)OCC)cc4)c4nc2C=C4)C=C3)cc1. The predicted octanol–water partition coefficient (Wildman–Crippen LogP) is 6.73. The fraction of sp³-hybridized carbons (Fsp3) is 0.214. The van der Waals surface area contributed by atoms with Gasteiger partial charge in [-0.15, -0.1) is 0 Å². The monoisotopic (exact) mass is 966 g/mol. The number of esters is 4. The van der Waals surface area contributed by atoms with Crippen LogP contribution in [0, 0.1) is 0 Å². The molecule has 0 unspecified atom stereocenters. The van der Waals surface area contributed by atoms with Gasteiger partial charge in [-0.05, 0) is 98.5 Å². The molecule has 7 aromatic heterocycles. The number of hydrogen-bond acceptors (Lipinski definition) is 10. The topological polar surface area (TPSA) is 178 Å². The van der Waals surface area contributed by atoms with E-state index in [0.717, 1.165) is 66.6 Å².